The molecule has 0 unspecified atom stereocenters. The van der Waals surface area contributed by atoms with E-state index < -0.39 is 11.7 Å². The van der Waals surface area contributed by atoms with Crippen molar-refractivity contribution in [1.82, 2.24) is 20.1 Å². The number of carbonyl (C=O) groups is 1. The molecule has 7 nitrogen and oxygen atoms in total. The maximum absolute atomic E-state index is 13.1. The number of oxazole rings is 1. The van der Waals surface area contributed by atoms with E-state index in [1.165, 1.54) is 18.4 Å². The molecule has 1 aromatic carbocycles. The summed E-state index contributed by atoms with van der Waals surface area (Å²) in [6.07, 6.45) is -3.07. The lowest BCUT2D eigenvalue weighted by Crippen LogP contribution is -2.41. The number of nitrogens with zero attached hydrogens (tertiary/aromatic N) is 3. The van der Waals surface area contributed by atoms with E-state index in [4.69, 9.17) is 9.15 Å². The Labute approximate surface area is 198 Å². The first kappa shape index (κ1) is 26.2. The molecule has 1 aliphatic rings. The summed E-state index contributed by atoms with van der Waals surface area (Å²) in [6.45, 7) is 11.0. The Morgan fingerprint density at radius 2 is 1.94 bits per heavy atom. The molecule has 10 heteroatoms. The number of ether oxygens (including phenoxy) is 1. The van der Waals surface area contributed by atoms with E-state index in [0.29, 0.717) is 37.8 Å². The standard InChI is InChI=1S/C24H33F3N4O3/c1-17(2)18(3)31(14-19-5-4-6-20(13-19)24(25,26)27)15-22-29-21(16-34-22)23(32)28-7-8-30-9-11-33-12-10-30/h4-6,13,16-18H,7-12,14-15H2,1-3H3,(H,28,32)/t18-/m0/s1. The van der Waals surface area contributed by atoms with Crippen LogP contribution in [-0.4, -0.2) is 66.1 Å². The number of amides is 1. The molecule has 1 saturated heterocycles. The molecule has 34 heavy (non-hydrogen) atoms. The van der Waals surface area contributed by atoms with Crippen LogP contribution >= 0.6 is 0 Å². The average Bonchev–Trinajstić information content (AvgIpc) is 3.27. The van der Waals surface area contributed by atoms with Crippen molar-refractivity contribution in [1.29, 1.82) is 0 Å². The molecule has 188 valence electrons. The Morgan fingerprint density at radius 3 is 2.62 bits per heavy atom. The van der Waals surface area contributed by atoms with Crippen LogP contribution in [0.1, 0.15) is 48.3 Å². The van der Waals surface area contributed by atoms with Crippen LogP contribution in [0.4, 0.5) is 13.2 Å². The van der Waals surface area contributed by atoms with E-state index in [1.807, 2.05) is 25.7 Å². The van der Waals surface area contributed by atoms with Gasteiger partial charge in [0.1, 0.15) is 6.26 Å². The SMILES string of the molecule is CC(C)[C@H](C)N(Cc1cccc(C(F)(F)F)c1)Cc1nc(C(=O)NCCN2CCOCC2)co1. The zero-order valence-electron chi connectivity index (χ0n) is 19.9. The number of alkyl halides is 3. The van der Waals surface area contributed by atoms with Gasteiger partial charge in [0.25, 0.3) is 5.91 Å². The monoisotopic (exact) mass is 482 g/mol. The molecule has 0 saturated carbocycles. The van der Waals surface area contributed by atoms with Crippen LogP contribution in [0.2, 0.25) is 0 Å². The number of morpholine rings is 1. The highest BCUT2D eigenvalue weighted by Gasteiger charge is 2.31. The normalized spacial score (nSPS) is 16.2. The second-order valence-corrected chi connectivity index (χ2v) is 8.92. The van der Waals surface area contributed by atoms with Gasteiger partial charge in [0, 0.05) is 38.8 Å². The lowest BCUT2D eigenvalue weighted by molar-refractivity contribution is -0.137. The van der Waals surface area contributed by atoms with Gasteiger partial charge in [-0.1, -0.05) is 32.0 Å². The first-order valence-electron chi connectivity index (χ1n) is 11.6. The molecule has 1 amide bonds. The predicted octanol–water partition coefficient (Wildman–Crippen LogP) is 3.80. The summed E-state index contributed by atoms with van der Waals surface area (Å²) >= 11 is 0. The van der Waals surface area contributed by atoms with Crippen LogP contribution in [0.25, 0.3) is 0 Å². The molecule has 1 aromatic heterocycles. The van der Waals surface area contributed by atoms with Gasteiger partial charge in [-0.3, -0.25) is 14.6 Å². The van der Waals surface area contributed by atoms with Gasteiger partial charge in [-0.2, -0.15) is 13.2 Å². The van der Waals surface area contributed by atoms with E-state index >= 15 is 0 Å². The second-order valence-electron chi connectivity index (χ2n) is 8.92. The fourth-order valence-corrected chi connectivity index (χ4v) is 3.75. The molecular formula is C24H33F3N4O3. The topological polar surface area (TPSA) is 70.8 Å². The molecule has 3 rings (SSSR count). The van der Waals surface area contributed by atoms with Crippen LogP contribution in [-0.2, 0) is 24.0 Å². The first-order valence-corrected chi connectivity index (χ1v) is 11.6. The molecule has 0 spiro atoms. The lowest BCUT2D eigenvalue weighted by atomic mass is 10.0. The Hall–Kier alpha value is -2.43. The van der Waals surface area contributed by atoms with E-state index in [2.05, 4.69) is 15.2 Å². The van der Waals surface area contributed by atoms with Crippen LogP contribution in [0, 0.1) is 5.92 Å². The van der Waals surface area contributed by atoms with Crippen LogP contribution in [0.5, 0.6) is 0 Å². The minimum atomic E-state index is -4.39. The first-order chi connectivity index (χ1) is 16.1. The molecule has 2 aromatic rings. The molecule has 1 N–H and O–H groups in total. The van der Waals surface area contributed by atoms with Gasteiger partial charge in [0.15, 0.2) is 5.69 Å². The highest BCUT2D eigenvalue weighted by atomic mass is 19.4. The maximum atomic E-state index is 13.1. The lowest BCUT2D eigenvalue weighted by Gasteiger charge is -2.31. The van der Waals surface area contributed by atoms with E-state index in [-0.39, 0.29) is 30.1 Å². The summed E-state index contributed by atoms with van der Waals surface area (Å²) < 4.78 is 50.2. The van der Waals surface area contributed by atoms with E-state index in [9.17, 15) is 18.0 Å². The fourth-order valence-electron chi connectivity index (χ4n) is 3.75. The number of aromatic nitrogens is 1. The zero-order chi connectivity index (χ0) is 24.7. The number of rotatable bonds is 10. The van der Waals surface area contributed by atoms with Crippen molar-refractivity contribution < 1.29 is 27.1 Å². The average molecular weight is 483 g/mol. The van der Waals surface area contributed by atoms with Gasteiger partial charge in [-0.15, -0.1) is 0 Å². The molecule has 0 bridgehead atoms. The molecule has 1 atom stereocenters. The predicted molar refractivity (Wildman–Crippen MR) is 121 cm³/mol. The van der Waals surface area contributed by atoms with Crippen molar-refractivity contribution in [2.24, 2.45) is 5.92 Å². The van der Waals surface area contributed by atoms with Crippen molar-refractivity contribution >= 4 is 5.91 Å². The summed E-state index contributed by atoms with van der Waals surface area (Å²) in [7, 11) is 0. The third-order valence-electron chi connectivity index (χ3n) is 6.12. The zero-order valence-corrected chi connectivity index (χ0v) is 19.9. The Bertz CT molecular complexity index is 926. The van der Waals surface area contributed by atoms with Gasteiger partial charge < -0.3 is 14.5 Å². The van der Waals surface area contributed by atoms with Crippen molar-refractivity contribution in [3.63, 3.8) is 0 Å². The van der Waals surface area contributed by atoms with E-state index in [0.717, 1.165) is 25.7 Å². The highest BCUT2D eigenvalue weighted by molar-refractivity contribution is 5.91. The number of nitrogens with one attached hydrogen (secondary N) is 1. The van der Waals surface area contributed by atoms with Crippen LogP contribution in [0.3, 0.4) is 0 Å². The van der Waals surface area contributed by atoms with Gasteiger partial charge in [0.05, 0.1) is 25.3 Å². The summed E-state index contributed by atoms with van der Waals surface area (Å²) in [5.74, 6) is 0.283. The van der Waals surface area contributed by atoms with Crippen molar-refractivity contribution in [2.75, 3.05) is 39.4 Å². The quantitative estimate of drug-likeness (QED) is 0.556. The fraction of sp³-hybridized carbons (Fsp3) is 0.583. The summed E-state index contributed by atoms with van der Waals surface area (Å²) in [6, 6.07) is 5.38. The minimum absolute atomic E-state index is 0.0484. The maximum Gasteiger partial charge on any atom is 0.416 e. The number of hydrogen-bond donors (Lipinski definition) is 1. The third-order valence-corrected chi connectivity index (χ3v) is 6.12. The number of hydrogen-bond acceptors (Lipinski definition) is 6. The Kier molecular flexibility index (Phi) is 9.10. The van der Waals surface area contributed by atoms with Gasteiger partial charge in [-0.25, -0.2) is 4.98 Å². The van der Waals surface area contributed by atoms with Crippen LogP contribution < -0.4 is 5.32 Å². The Morgan fingerprint density at radius 1 is 1.21 bits per heavy atom. The van der Waals surface area contributed by atoms with Crippen LogP contribution in [0.15, 0.2) is 34.9 Å². The Balaban J connectivity index is 1.61. The number of halogens is 3. The minimum Gasteiger partial charge on any atom is -0.447 e. The summed E-state index contributed by atoms with van der Waals surface area (Å²) in [5.41, 5.74) is 0.0671. The van der Waals surface area contributed by atoms with Crippen molar-refractivity contribution in [2.45, 2.75) is 46.1 Å². The summed E-state index contributed by atoms with van der Waals surface area (Å²) in [5, 5.41) is 2.85. The smallest absolute Gasteiger partial charge is 0.416 e. The number of carbonyl (C=O) groups excluding carboxylic acids is 1. The van der Waals surface area contributed by atoms with Gasteiger partial charge in [0.2, 0.25) is 5.89 Å². The van der Waals surface area contributed by atoms with Gasteiger partial charge >= 0.3 is 6.18 Å². The van der Waals surface area contributed by atoms with Gasteiger partial charge in [-0.05, 0) is 24.5 Å². The largest absolute Gasteiger partial charge is 0.447 e. The highest BCUT2D eigenvalue weighted by Crippen LogP contribution is 2.30. The molecule has 1 fully saturated rings. The molecular weight excluding hydrogens is 449 g/mol. The summed E-state index contributed by atoms with van der Waals surface area (Å²) in [4.78, 5) is 21.0. The van der Waals surface area contributed by atoms with E-state index in [1.54, 1.807) is 6.07 Å². The molecule has 2 heterocycles. The molecule has 1 aliphatic heterocycles. The van der Waals surface area contributed by atoms with Crippen molar-refractivity contribution in [3.05, 3.63) is 53.2 Å². The second kappa shape index (κ2) is 11.8. The van der Waals surface area contributed by atoms with Crippen molar-refractivity contribution in [3.8, 4) is 0 Å². The number of benzene rings is 1. The molecule has 0 radical (unpaired) electrons. The third kappa shape index (κ3) is 7.54. The molecule has 0 aliphatic carbocycles.